The third kappa shape index (κ3) is 4.74. The second kappa shape index (κ2) is 8.95. The van der Waals surface area contributed by atoms with Crippen LogP contribution in [0.15, 0.2) is 70.5 Å². The number of halogens is 1. The number of anilines is 1. The number of nitrogens with zero attached hydrogens (tertiary/aromatic N) is 2. The van der Waals surface area contributed by atoms with Crippen LogP contribution in [0.1, 0.15) is 34.6 Å². The van der Waals surface area contributed by atoms with E-state index in [4.69, 9.17) is 5.73 Å². The summed E-state index contributed by atoms with van der Waals surface area (Å²) in [6.45, 7) is 2.06. The predicted octanol–water partition coefficient (Wildman–Crippen LogP) is 2.19. The van der Waals surface area contributed by atoms with Gasteiger partial charge in [-0.2, -0.15) is 5.10 Å². The molecule has 2 heterocycles. The summed E-state index contributed by atoms with van der Waals surface area (Å²) in [5.41, 5.74) is 6.33. The van der Waals surface area contributed by atoms with Crippen LogP contribution >= 0.6 is 0 Å². The maximum Gasteiger partial charge on any atom is 0.326 e. The van der Waals surface area contributed by atoms with Gasteiger partial charge in [-0.15, -0.1) is 0 Å². The van der Waals surface area contributed by atoms with Crippen LogP contribution in [0.3, 0.4) is 0 Å². The number of H-pyrrole nitrogens is 2. The van der Waals surface area contributed by atoms with Crippen LogP contribution in [0.5, 0.6) is 0 Å². The van der Waals surface area contributed by atoms with Gasteiger partial charge < -0.3 is 16.0 Å². The molecule has 10 heteroatoms. The lowest BCUT2D eigenvalue weighted by Gasteiger charge is -2.15. The second-order valence-corrected chi connectivity index (χ2v) is 7.54. The van der Waals surface area contributed by atoms with Crippen LogP contribution in [0.25, 0.3) is 11.1 Å². The first kappa shape index (κ1) is 21.8. The highest BCUT2D eigenvalue weighted by Gasteiger charge is 2.17. The number of carbonyl (C=O) groups is 1. The van der Waals surface area contributed by atoms with Gasteiger partial charge in [-0.1, -0.05) is 36.4 Å². The molecular formula is C23H21FN6O3. The third-order valence-corrected chi connectivity index (χ3v) is 5.20. The summed E-state index contributed by atoms with van der Waals surface area (Å²) < 4.78 is 15.6. The largest absolute Gasteiger partial charge is 0.392 e. The average molecular weight is 448 g/mol. The Balaban J connectivity index is 1.52. The fourth-order valence-electron chi connectivity index (χ4n) is 3.42. The van der Waals surface area contributed by atoms with E-state index in [1.54, 1.807) is 36.0 Å². The van der Waals surface area contributed by atoms with Crippen molar-refractivity contribution in [1.82, 2.24) is 25.1 Å². The molecule has 1 atom stereocenters. The molecule has 2 aromatic carbocycles. The van der Waals surface area contributed by atoms with E-state index in [0.29, 0.717) is 12.1 Å². The summed E-state index contributed by atoms with van der Waals surface area (Å²) in [6.07, 6.45) is 3.50. The van der Waals surface area contributed by atoms with E-state index in [1.165, 1.54) is 6.07 Å². The zero-order chi connectivity index (χ0) is 23.5. The number of nitrogen functional groups attached to an aromatic ring is 1. The summed E-state index contributed by atoms with van der Waals surface area (Å²) >= 11 is 0. The van der Waals surface area contributed by atoms with Crippen LogP contribution in [0.2, 0.25) is 0 Å². The monoisotopic (exact) mass is 448 g/mol. The summed E-state index contributed by atoms with van der Waals surface area (Å²) in [7, 11) is 0. The molecule has 0 fully saturated rings. The van der Waals surface area contributed by atoms with Crippen molar-refractivity contribution in [2.45, 2.75) is 19.5 Å². The lowest BCUT2D eigenvalue weighted by molar-refractivity contribution is 0.0935. The van der Waals surface area contributed by atoms with Gasteiger partial charge in [-0.25, -0.2) is 9.18 Å². The van der Waals surface area contributed by atoms with Crippen LogP contribution in [-0.4, -0.2) is 25.7 Å². The van der Waals surface area contributed by atoms with Crippen LogP contribution in [0, 0.1) is 5.82 Å². The van der Waals surface area contributed by atoms with Gasteiger partial charge in [-0.05, 0) is 30.2 Å². The molecule has 0 radical (unpaired) electrons. The Morgan fingerprint density at radius 3 is 2.73 bits per heavy atom. The minimum Gasteiger partial charge on any atom is -0.392 e. The molecule has 9 nitrogen and oxygen atoms in total. The van der Waals surface area contributed by atoms with Crippen molar-refractivity contribution < 1.29 is 9.18 Å². The highest BCUT2D eigenvalue weighted by molar-refractivity contribution is 5.97. The maximum atomic E-state index is 13.9. The number of carbonyl (C=O) groups excluding carboxylic acids is 1. The fourth-order valence-corrected chi connectivity index (χ4v) is 3.42. The Labute approximate surface area is 187 Å². The first-order valence-corrected chi connectivity index (χ1v) is 10.1. The predicted molar refractivity (Wildman–Crippen MR) is 121 cm³/mol. The van der Waals surface area contributed by atoms with Crippen molar-refractivity contribution in [2.75, 3.05) is 5.73 Å². The average Bonchev–Trinajstić information content (AvgIpc) is 3.26. The summed E-state index contributed by atoms with van der Waals surface area (Å²) in [6, 6.07) is 13.5. The molecule has 2 aromatic heterocycles. The molecule has 4 rings (SSSR count). The van der Waals surface area contributed by atoms with E-state index >= 15 is 0 Å². The Hall–Kier alpha value is -4.47. The van der Waals surface area contributed by atoms with Crippen LogP contribution < -0.4 is 22.3 Å². The molecule has 0 aliphatic heterocycles. The van der Waals surface area contributed by atoms with Gasteiger partial charge >= 0.3 is 5.69 Å². The van der Waals surface area contributed by atoms with Gasteiger partial charge in [-0.3, -0.25) is 19.3 Å². The SMILES string of the molecule is CC(NC(=O)c1[nH]c(=O)[nH]c(=O)c1N)c1cccc(-c2cnn(Cc3ccccc3F)c2)c1. The van der Waals surface area contributed by atoms with E-state index in [9.17, 15) is 18.8 Å². The second-order valence-electron chi connectivity index (χ2n) is 7.54. The molecule has 4 aromatic rings. The van der Waals surface area contributed by atoms with Gasteiger partial charge in [0, 0.05) is 17.3 Å². The first-order chi connectivity index (χ1) is 15.8. The smallest absolute Gasteiger partial charge is 0.326 e. The zero-order valence-electron chi connectivity index (χ0n) is 17.6. The number of amides is 1. The van der Waals surface area contributed by atoms with Crippen molar-refractivity contribution in [3.8, 4) is 11.1 Å². The molecule has 0 spiro atoms. The zero-order valence-corrected chi connectivity index (χ0v) is 17.6. The molecule has 0 aliphatic carbocycles. The van der Waals surface area contributed by atoms with Gasteiger partial charge in [0.2, 0.25) is 0 Å². The molecular weight excluding hydrogens is 427 g/mol. The van der Waals surface area contributed by atoms with Crippen molar-refractivity contribution in [3.05, 3.63) is 104 Å². The van der Waals surface area contributed by atoms with Crippen molar-refractivity contribution in [1.29, 1.82) is 0 Å². The van der Waals surface area contributed by atoms with Crippen LogP contribution in [-0.2, 0) is 6.54 Å². The Bertz CT molecular complexity index is 1440. The van der Waals surface area contributed by atoms with Gasteiger partial charge in [0.25, 0.3) is 11.5 Å². The molecule has 5 N–H and O–H groups in total. The van der Waals surface area contributed by atoms with E-state index in [0.717, 1.165) is 16.7 Å². The normalized spacial score (nSPS) is 11.8. The van der Waals surface area contributed by atoms with E-state index < -0.39 is 23.2 Å². The summed E-state index contributed by atoms with van der Waals surface area (Å²) in [5, 5.41) is 7.04. The lowest BCUT2D eigenvalue weighted by Crippen LogP contribution is -2.34. The number of nitrogens with two attached hydrogens (primary N) is 1. The maximum absolute atomic E-state index is 13.9. The lowest BCUT2D eigenvalue weighted by atomic mass is 10.0. The molecule has 0 aliphatic rings. The number of aromatic amines is 2. The molecule has 33 heavy (non-hydrogen) atoms. The third-order valence-electron chi connectivity index (χ3n) is 5.20. The van der Waals surface area contributed by atoms with Gasteiger partial charge in [0.05, 0.1) is 18.8 Å². The van der Waals surface area contributed by atoms with Crippen molar-refractivity contribution >= 4 is 11.6 Å². The van der Waals surface area contributed by atoms with Crippen molar-refractivity contribution in [3.63, 3.8) is 0 Å². The standard InChI is InChI=1S/C23H21FN6O3/c1-13(27-22(32)20-19(25)21(31)29-23(33)28-20)14-6-4-7-15(9-14)17-10-26-30(12-17)11-16-5-2-3-8-18(16)24/h2-10,12-13H,11,25H2,1H3,(H,27,32)(H2,28,29,31,33). The number of hydrogen-bond donors (Lipinski definition) is 4. The quantitative estimate of drug-likeness (QED) is 0.358. The minimum absolute atomic E-state index is 0.288. The summed E-state index contributed by atoms with van der Waals surface area (Å²) in [4.78, 5) is 39.9. The van der Waals surface area contributed by atoms with E-state index in [1.807, 2.05) is 35.4 Å². The molecule has 1 unspecified atom stereocenters. The van der Waals surface area contributed by atoms with Crippen LogP contribution in [0.4, 0.5) is 10.1 Å². The number of nitrogens with one attached hydrogen (secondary N) is 3. The number of aromatic nitrogens is 4. The fraction of sp³-hybridized carbons (Fsp3) is 0.130. The first-order valence-electron chi connectivity index (χ1n) is 10.1. The number of hydrogen-bond acceptors (Lipinski definition) is 5. The van der Waals surface area contributed by atoms with E-state index in [-0.39, 0.29) is 17.2 Å². The Kier molecular flexibility index (Phi) is 5.90. The van der Waals surface area contributed by atoms with E-state index in [2.05, 4.69) is 15.4 Å². The topological polar surface area (TPSA) is 139 Å². The Morgan fingerprint density at radius 1 is 1.15 bits per heavy atom. The summed E-state index contributed by atoms with van der Waals surface area (Å²) in [5.74, 6) is -0.963. The van der Waals surface area contributed by atoms with Gasteiger partial charge in [0.15, 0.2) is 0 Å². The molecule has 0 saturated heterocycles. The van der Waals surface area contributed by atoms with Gasteiger partial charge in [0.1, 0.15) is 17.2 Å². The molecule has 0 bridgehead atoms. The molecule has 1 amide bonds. The number of rotatable bonds is 6. The van der Waals surface area contributed by atoms with Crippen molar-refractivity contribution in [2.24, 2.45) is 0 Å². The highest BCUT2D eigenvalue weighted by Crippen LogP contribution is 2.23. The minimum atomic E-state index is -0.828. The highest BCUT2D eigenvalue weighted by atomic mass is 19.1. The number of benzene rings is 2. The molecule has 0 saturated carbocycles. The Morgan fingerprint density at radius 2 is 1.94 bits per heavy atom. The molecule has 168 valence electrons.